The van der Waals surface area contributed by atoms with Crippen LogP contribution in [0.5, 0.6) is 5.88 Å². The van der Waals surface area contributed by atoms with Crippen LogP contribution in [0.15, 0.2) is 0 Å². The highest BCUT2D eigenvalue weighted by atomic mass is 16.5. The van der Waals surface area contributed by atoms with Crippen molar-refractivity contribution in [1.29, 1.82) is 0 Å². The molecule has 0 bridgehead atoms. The summed E-state index contributed by atoms with van der Waals surface area (Å²) in [5.74, 6) is 1.78. The molecule has 0 aromatic carbocycles. The van der Waals surface area contributed by atoms with Crippen LogP contribution in [-0.2, 0) is 4.74 Å². The van der Waals surface area contributed by atoms with Gasteiger partial charge in [0.05, 0.1) is 6.61 Å². The fourth-order valence-electron chi connectivity index (χ4n) is 1.84. The molecule has 6 nitrogen and oxygen atoms in total. The molecular formula is C16H30N4O2. The molecule has 6 heteroatoms. The van der Waals surface area contributed by atoms with Crippen LogP contribution in [0.2, 0.25) is 0 Å². The van der Waals surface area contributed by atoms with E-state index in [9.17, 15) is 0 Å². The topological polar surface area (TPSA) is 82.3 Å². The molecule has 0 aliphatic heterocycles. The maximum Gasteiger partial charge on any atom is 0.242 e. The van der Waals surface area contributed by atoms with E-state index < -0.39 is 0 Å². The van der Waals surface area contributed by atoms with Crippen LogP contribution in [0, 0.1) is 6.92 Å². The van der Waals surface area contributed by atoms with E-state index in [1.54, 1.807) is 0 Å². The van der Waals surface area contributed by atoms with E-state index >= 15 is 0 Å². The second-order valence-corrected chi connectivity index (χ2v) is 5.29. The van der Waals surface area contributed by atoms with Gasteiger partial charge in [-0.3, -0.25) is 0 Å². The highest BCUT2D eigenvalue weighted by Crippen LogP contribution is 2.26. The Kier molecular flexibility index (Phi) is 9.30. The van der Waals surface area contributed by atoms with Crippen LogP contribution in [-0.4, -0.2) is 36.3 Å². The van der Waals surface area contributed by atoms with Gasteiger partial charge in [-0.2, -0.15) is 4.98 Å². The Bertz CT molecular complexity index is 427. The molecule has 0 radical (unpaired) electrons. The lowest BCUT2D eigenvalue weighted by atomic mass is 10.3. The van der Waals surface area contributed by atoms with Crippen molar-refractivity contribution in [3.05, 3.63) is 5.82 Å². The largest absolute Gasteiger partial charge is 0.476 e. The highest BCUT2D eigenvalue weighted by Gasteiger charge is 2.11. The third kappa shape index (κ3) is 6.93. The van der Waals surface area contributed by atoms with Crippen molar-refractivity contribution < 1.29 is 9.47 Å². The molecule has 3 N–H and O–H groups in total. The van der Waals surface area contributed by atoms with Gasteiger partial charge in [0.2, 0.25) is 5.88 Å². The maximum absolute atomic E-state index is 6.07. The molecule has 0 amide bonds. The lowest BCUT2D eigenvalue weighted by molar-refractivity contribution is 0.131. The molecule has 1 aromatic rings. The Labute approximate surface area is 133 Å². The van der Waals surface area contributed by atoms with E-state index in [-0.39, 0.29) is 0 Å². The monoisotopic (exact) mass is 310 g/mol. The molecule has 0 saturated carbocycles. The number of anilines is 2. The van der Waals surface area contributed by atoms with Gasteiger partial charge < -0.3 is 20.5 Å². The van der Waals surface area contributed by atoms with Crippen LogP contribution in [0.25, 0.3) is 0 Å². The molecule has 0 saturated heterocycles. The molecule has 0 fully saturated rings. The summed E-state index contributed by atoms with van der Waals surface area (Å²) in [4.78, 5) is 8.60. The zero-order valence-corrected chi connectivity index (χ0v) is 14.2. The number of nitrogen functional groups attached to an aromatic ring is 1. The average molecular weight is 310 g/mol. The Balaban J connectivity index is 2.41. The standard InChI is InChI=1S/C16H30N4O2/c1-4-6-10-21-11-8-9-18-15-14(17)16(20-13(3)19-15)22-12-7-5-2/h4-12,17H2,1-3H3,(H,18,19,20). The van der Waals surface area contributed by atoms with Crippen molar-refractivity contribution in [2.75, 3.05) is 37.4 Å². The number of nitrogens with two attached hydrogens (primary N) is 1. The molecule has 0 spiro atoms. The molecule has 1 rings (SSSR count). The number of rotatable bonds is 12. The van der Waals surface area contributed by atoms with Crippen molar-refractivity contribution in [3.63, 3.8) is 0 Å². The van der Waals surface area contributed by atoms with Gasteiger partial charge in [-0.25, -0.2) is 4.98 Å². The average Bonchev–Trinajstić information content (AvgIpc) is 2.50. The fourth-order valence-corrected chi connectivity index (χ4v) is 1.84. The van der Waals surface area contributed by atoms with Gasteiger partial charge in [-0.1, -0.05) is 26.7 Å². The molecule has 0 aliphatic rings. The van der Waals surface area contributed by atoms with Gasteiger partial charge in [-0.05, 0) is 26.2 Å². The van der Waals surface area contributed by atoms with Gasteiger partial charge >= 0.3 is 0 Å². The van der Waals surface area contributed by atoms with E-state index in [2.05, 4.69) is 29.1 Å². The third-order valence-corrected chi connectivity index (χ3v) is 3.16. The van der Waals surface area contributed by atoms with Gasteiger partial charge in [0, 0.05) is 19.8 Å². The van der Waals surface area contributed by atoms with E-state index in [0.29, 0.717) is 29.8 Å². The van der Waals surface area contributed by atoms with Crippen molar-refractivity contribution in [3.8, 4) is 5.88 Å². The normalized spacial score (nSPS) is 10.7. The maximum atomic E-state index is 6.07. The summed E-state index contributed by atoms with van der Waals surface area (Å²) in [7, 11) is 0. The molecule has 0 aliphatic carbocycles. The minimum Gasteiger partial charge on any atom is -0.476 e. The summed E-state index contributed by atoms with van der Waals surface area (Å²) in [5.41, 5.74) is 6.55. The summed E-state index contributed by atoms with van der Waals surface area (Å²) in [6, 6.07) is 0. The smallest absolute Gasteiger partial charge is 0.242 e. The zero-order chi connectivity index (χ0) is 16.2. The number of hydrogen-bond acceptors (Lipinski definition) is 6. The quantitative estimate of drug-likeness (QED) is 0.577. The number of aryl methyl sites for hydroxylation is 1. The molecule has 1 aromatic heterocycles. The van der Waals surface area contributed by atoms with Gasteiger partial charge in [-0.15, -0.1) is 0 Å². The van der Waals surface area contributed by atoms with Gasteiger partial charge in [0.25, 0.3) is 0 Å². The van der Waals surface area contributed by atoms with Crippen molar-refractivity contribution in [2.45, 2.75) is 52.9 Å². The van der Waals surface area contributed by atoms with Gasteiger partial charge in [0.15, 0.2) is 5.82 Å². The summed E-state index contributed by atoms with van der Waals surface area (Å²) >= 11 is 0. The molecule has 126 valence electrons. The fraction of sp³-hybridized carbons (Fsp3) is 0.750. The van der Waals surface area contributed by atoms with E-state index in [1.807, 2.05) is 6.92 Å². The number of nitrogens with one attached hydrogen (secondary N) is 1. The first kappa shape index (κ1) is 18.5. The summed E-state index contributed by atoms with van der Waals surface area (Å²) in [5, 5.41) is 3.24. The van der Waals surface area contributed by atoms with Crippen LogP contribution in [0.1, 0.15) is 51.8 Å². The highest BCUT2D eigenvalue weighted by molar-refractivity contribution is 5.66. The van der Waals surface area contributed by atoms with E-state index in [4.69, 9.17) is 15.2 Å². The van der Waals surface area contributed by atoms with Crippen LogP contribution in [0.4, 0.5) is 11.5 Å². The summed E-state index contributed by atoms with van der Waals surface area (Å²) < 4.78 is 11.2. The third-order valence-electron chi connectivity index (χ3n) is 3.16. The zero-order valence-electron chi connectivity index (χ0n) is 14.2. The minimum absolute atomic E-state index is 0.475. The first-order chi connectivity index (χ1) is 10.7. The minimum atomic E-state index is 0.475. The Morgan fingerprint density at radius 2 is 1.68 bits per heavy atom. The molecule has 0 atom stereocenters. The van der Waals surface area contributed by atoms with Crippen molar-refractivity contribution in [1.82, 2.24) is 9.97 Å². The predicted octanol–water partition coefficient (Wildman–Crippen LogP) is 3.16. The van der Waals surface area contributed by atoms with Crippen LogP contribution in [0.3, 0.4) is 0 Å². The molecule has 22 heavy (non-hydrogen) atoms. The lowest BCUT2D eigenvalue weighted by Crippen LogP contribution is -2.12. The van der Waals surface area contributed by atoms with Crippen molar-refractivity contribution in [2.24, 2.45) is 0 Å². The van der Waals surface area contributed by atoms with E-state index in [0.717, 1.165) is 51.9 Å². The summed E-state index contributed by atoms with van der Waals surface area (Å²) in [6.45, 7) is 9.09. The van der Waals surface area contributed by atoms with Crippen LogP contribution < -0.4 is 15.8 Å². The first-order valence-corrected chi connectivity index (χ1v) is 8.27. The van der Waals surface area contributed by atoms with Crippen molar-refractivity contribution >= 4 is 11.5 Å². The Hall–Kier alpha value is -1.56. The molecular weight excluding hydrogens is 280 g/mol. The SMILES string of the molecule is CCCCOCCCNc1nc(C)nc(OCCCC)c1N. The second kappa shape index (κ2) is 11.1. The Morgan fingerprint density at radius 3 is 2.41 bits per heavy atom. The number of nitrogens with zero attached hydrogens (tertiary/aromatic N) is 2. The van der Waals surface area contributed by atoms with Gasteiger partial charge in [0.1, 0.15) is 11.5 Å². The summed E-state index contributed by atoms with van der Waals surface area (Å²) in [6.07, 6.45) is 5.26. The number of ether oxygens (including phenoxy) is 2. The van der Waals surface area contributed by atoms with E-state index in [1.165, 1.54) is 0 Å². The molecule has 1 heterocycles. The lowest BCUT2D eigenvalue weighted by Gasteiger charge is -2.13. The number of hydrogen-bond donors (Lipinski definition) is 2. The second-order valence-electron chi connectivity index (χ2n) is 5.29. The predicted molar refractivity (Wildman–Crippen MR) is 90.4 cm³/mol. The number of unbranched alkanes of at least 4 members (excludes halogenated alkanes) is 2. The number of aromatic nitrogens is 2. The first-order valence-electron chi connectivity index (χ1n) is 8.27. The molecule has 0 unspecified atom stereocenters. The Morgan fingerprint density at radius 1 is 1.00 bits per heavy atom. The van der Waals surface area contributed by atoms with Crippen LogP contribution >= 0.6 is 0 Å².